The van der Waals surface area contributed by atoms with E-state index in [-0.39, 0.29) is 24.2 Å². The fourth-order valence-corrected chi connectivity index (χ4v) is 3.49. The van der Waals surface area contributed by atoms with Gasteiger partial charge in [-0.2, -0.15) is 0 Å². The van der Waals surface area contributed by atoms with E-state index in [1.165, 1.54) is 18.2 Å². The topological polar surface area (TPSA) is 142 Å². The highest BCUT2D eigenvalue weighted by atomic mass is 16.5. The summed E-state index contributed by atoms with van der Waals surface area (Å²) in [6.07, 6.45) is -1.85. The lowest BCUT2D eigenvalue weighted by molar-refractivity contribution is -0.126. The zero-order chi connectivity index (χ0) is 23.4. The number of ether oxygens (including phenoxy) is 1. The van der Waals surface area contributed by atoms with E-state index in [0.29, 0.717) is 11.3 Å². The van der Waals surface area contributed by atoms with Gasteiger partial charge in [0.25, 0.3) is 0 Å². The predicted molar refractivity (Wildman–Crippen MR) is 118 cm³/mol. The van der Waals surface area contributed by atoms with Crippen LogP contribution in [0.4, 0.5) is 0 Å². The molecule has 0 spiro atoms. The van der Waals surface area contributed by atoms with Gasteiger partial charge in [-0.25, -0.2) is 0 Å². The second kappa shape index (κ2) is 9.84. The van der Waals surface area contributed by atoms with Crippen LogP contribution in [0.1, 0.15) is 23.1 Å². The van der Waals surface area contributed by atoms with Crippen LogP contribution in [0.3, 0.4) is 0 Å². The van der Waals surface area contributed by atoms with Crippen molar-refractivity contribution >= 4 is 11.8 Å². The van der Waals surface area contributed by atoms with Gasteiger partial charge in [-0.1, -0.05) is 18.2 Å². The van der Waals surface area contributed by atoms with Crippen molar-refractivity contribution in [3.05, 3.63) is 70.8 Å². The van der Waals surface area contributed by atoms with Gasteiger partial charge in [0.1, 0.15) is 29.7 Å². The number of nitrogens with two attached hydrogens (primary N) is 1. The Morgan fingerprint density at radius 2 is 1.81 bits per heavy atom. The molecule has 2 aromatic carbocycles. The number of carbonyl (C=O) groups excluding carboxylic acids is 2. The minimum atomic E-state index is -1.21. The number of phenolic OH excluding ortho intramolecular Hbond substituents is 1. The molecule has 0 saturated heterocycles. The standard InChI is InChI=1S/C24H28N2O6/c1-13-3-8-18(9-14(13)2)32-21-12-16(11-20(28)22(21)29)24(31)26-19(23(25)30)10-15-4-6-17(27)7-5-15/h3-9,12,19-22,27-29H,10-11H2,1-2H3,(H2,25,30)(H,26,31)/t19-,20+,21-,22+/m0/s1. The molecule has 8 heteroatoms. The Labute approximate surface area is 186 Å². The maximum atomic E-state index is 12.8. The highest BCUT2D eigenvalue weighted by molar-refractivity contribution is 5.97. The van der Waals surface area contributed by atoms with Crippen LogP contribution in [0.25, 0.3) is 0 Å². The maximum absolute atomic E-state index is 12.8. The molecule has 0 aliphatic heterocycles. The number of aromatic hydroxyl groups is 1. The lowest BCUT2D eigenvalue weighted by atomic mass is 9.91. The van der Waals surface area contributed by atoms with Crippen molar-refractivity contribution in [2.75, 3.05) is 0 Å². The fraction of sp³-hybridized carbons (Fsp3) is 0.333. The van der Waals surface area contributed by atoms with Gasteiger partial charge in [0.15, 0.2) is 0 Å². The Bertz CT molecular complexity index is 1020. The molecular weight excluding hydrogens is 412 g/mol. The Kier molecular flexibility index (Phi) is 7.17. The van der Waals surface area contributed by atoms with Crippen molar-refractivity contribution in [2.24, 2.45) is 5.73 Å². The molecule has 3 rings (SSSR count). The van der Waals surface area contributed by atoms with Gasteiger partial charge in [-0.05, 0) is 60.9 Å². The molecule has 0 bridgehead atoms. The van der Waals surface area contributed by atoms with E-state index in [2.05, 4.69) is 5.32 Å². The van der Waals surface area contributed by atoms with Crippen LogP contribution in [-0.2, 0) is 16.0 Å². The highest BCUT2D eigenvalue weighted by Crippen LogP contribution is 2.25. The summed E-state index contributed by atoms with van der Waals surface area (Å²) in [5.41, 5.74) is 8.45. The molecule has 32 heavy (non-hydrogen) atoms. The lowest BCUT2D eigenvalue weighted by Gasteiger charge is -2.31. The Hall–Kier alpha value is -3.36. The van der Waals surface area contributed by atoms with E-state index in [4.69, 9.17) is 10.5 Å². The number of carbonyl (C=O) groups is 2. The number of nitrogens with one attached hydrogen (secondary N) is 1. The fourth-order valence-electron chi connectivity index (χ4n) is 3.49. The van der Waals surface area contributed by atoms with Crippen LogP contribution in [0, 0.1) is 13.8 Å². The molecular formula is C24H28N2O6. The first kappa shape index (κ1) is 23.3. The number of hydrogen-bond donors (Lipinski definition) is 5. The van der Waals surface area contributed by atoms with Gasteiger partial charge in [-0.15, -0.1) is 0 Å². The average molecular weight is 440 g/mol. The molecule has 1 aliphatic carbocycles. The lowest BCUT2D eigenvalue weighted by Crippen LogP contribution is -2.49. The van der Waals surface area contributed by atoms with E-state index < -0.39 is 36.2 Å². The molecule has 2 aromatic rings. The molecule has 0 aromatic heterocycles. The number of aryl methyl sites for hydroxylation is 2. The van der Waals surface area contributed by atoms with Crippen molar-refractivity contribution in [1.82, 2.24) is 5.32 Å². The molecule has 2 amide bonds. The number of benzene rings is 2. The summed E-state index contributed by atoms with van der Waals surface area (Å²) >= 11 is 0. The number of rotatable bonds is 7. The number of hydrogen-bond acceptors (Lipinski definition) is 6. The van der Waals surface area contributed by atoms with Crippen LogP contribution >= 0.6 is 0 Å². The third kappa shape index (κ3) is 5.66. The Balaban J connectivity index is 1.75. The summed E-state index contributed by atoms with van der Waals surface area (Å²) < 4.78 is 5.83. The molecule has 170 valence electrons. The Morgan fingerprint density at radius 3 is 2.44 bits per heavy atom. The SMILES string of the molecule is Cc1ccc(O[C@H]2C=C(C(=O)N[C@@H](Cc3ccc(O)cc3)C(N)=O)C[C@@H](O)[C@H]2O)cc1C. The molecule has 0 saturated carbocycles. The van der Waals surface area contributed by atoms with Crippen LogP contribution < -0.4 is 15.8 Å². The second-order valence-electron chi connectivity index (χ2n) is 8.08. The summed E-state index contributed by atoms with van der Waals surface area (Å²) in [4.78, 5) is 24.7. The van der Waals surface area contributed by atoms with E-state index >= 15 is 0 Å². The highest BCUT2D eigenvalue weighted by Gasteiger charge is 2.35. The summed E-state index contributed by atoms with van der Waals surface area (Å²) in [7, 11) is 0. The molecule has 0 heterocycles. The summed E-state index contributed by atoms with van der Waals surface area (Å²) in [6, 6.07) is 10.7. The van der Waals surface area contributed by atoms with Crippen molar-refractivity contribution in [3.8, 4) is 11.5 Å². The van der Waals surface area contributed by atoms with Crippen molar-refractivity contribution in [3.63, 3.8) is 0 Å². The largest absolute Gasteiger partial charge is 0.508 e. The van der Waals surface area contributed by atoms with E-state index in [0.717, 1.165) is 11.1 Å². The third-order valence-electron chi connectivity index (χ3n) is 5.59. The summed E-state index contributed by atoms with van der Waals surface area (Å²) in [5.74, 6) is -0.703. The van der Waals surface area contributed by atoms with Crippen LogP contribution in [-0.4, -0.2) is 51.5 Å². The molecule has 4 atom stereocenters. The van der Waals surface area contributed by atoms with Gasteiger partial charge in [0, 0.05) is 18.4 Å². The van der Waals surface area contributed by atoms with Crippen molar-refractivity contribution < 1.29 is 29.6 Å². The number of amides is 2. The van der Waals surface area contributed by atoms with Gasteiger partial charge < -0.3 is 31.1 Å². The minimum Gasteiger partial charge on any atom is -0.508 e. The van der Waals surface area contributed by atoms with E-state index in [1.54, 1.807) is 18.2 Å². The first-order valence-electron chi connectivity index (χ1n) is 10.3. The smallest absolute Gasteiger partial charge is 0.247 e. The Morgan fingerprint density at radius 1 is 1.12 bits per heavy atom. The van der Waals surface area contributed by atoms with Gasteiger partial charge >= 0.3 is 0 Å². The molecule has 0 unspecified atom stereocenters. The van der Waals surface area contributed by atoms with Crippen molar-refractivity contribution in [1.29, 1.82) is 0 Å². The van der Waals surface area contributed by atoms with E-state index in [1.807, 2.05) is 26.0 Å². The number of phenols is 1. The van der Waals surface area contributed by atoms with Crippen LogP contribution in [0.5, 0.6) is 11.5 Å². The normalized spacial score (nSPS) is 21.4. The maximum Gasteiger partial charge on any atom is 0.247 e. The van der Waals surface area contributed by atoms with Crippen LogP contribution in [0.2, 0.25) is 0 Å². The molecule has 0 radical (unpaired) electrons. The van der Waals surface area contributed by atoms with E-state index in [9.17, 15) is 24.9 Å². The number of primary amides is 1. The van der Waals surface area contributed by atoms with Gasteiger partial charge in [-0.3, -0.25) is 9.59 Å². The second-order valence-corrected chi connectivity index (χ2v) is 8.08. The van der Waals surface area contributed by atoms with Crippen molar-refractivity contribution in [2.45, 2.75) is 51.0 Å². The van der Waals surface area contributed by atoms with Crippen LogP contribution in [0.15, 0.2) is 54.1 Å². The number of aliphatic hydroxyl groups excluding tert-OH is 2. The molecule has 1 aliphatic rings. The summed E-state index contributed by atoms with van der Waals surface area (Å²) in [6.45, 7) is 3.90. The molecule has 6 N–H and O–H groups in total. The first-order valence-corrected chi connectivity index (χ1v) is 10.3. The molecule has 0 fully saturated rings. The number of aliphatic hydroxyl groups is 2. The predicted octanol–water partition coefficient (Wildman–Crippen LogP) is 1.02. The zero-order valence-corrected chi connectivity index (χ0v) is 18.0. The zero-order valence-electron chi connectivity index (χ0n) is 18.0. The summed E-state index contributed by atoms with van der Waals surface area (Å²) in [5, 5.41) is 32.6. The average Bonchev–Trinajstić information content (AvgIpc) is 2.74. The first-order chi connectivity index (χ1) is 15.1. The minimum absolute atomic E-state index is 0.0862. The molecule has 8 nitrogen and oxygen atoms in total. The quantitative estimate of drug-likeness (QED) is 0.435. The van der Waals surface area contributed by atoms with Gasteiger partial charge in [0.05, 0.1) is 6.10 Å². The third-order valence-corrected chi connectivity index (χ3v) is 5.59. The van der Waals surface area contributed by atoms with Gasteiger partial charge in [0.2, 0.25) is 11.8 Å². The monoisotopic (exact) mass is 440 g/mol.